The van der Waals surface area contributed by atoms with E-state index in [-0.39, 0.29) is 16.5 Å². The second kappa shape index (κ2) is 8.06. The minimum atomic E-state index is -0.639. The van der Waals surface area contributed by atoms with E-state index in [9.17, 15) is 14.0 Å². The largest absolute Gasteiger partial charge is 0.366 e. The highest BCUT2D eigenvalue weighted by Crippen LogP contribution is 2.25. The summed E-state index contributed by atoms with van der Waals surface area (Å²) in [5.41, 5.74) is 7.56. The smallest absolute Gasteiger partial charge is 0.250 e. The molecular weight excluding hydrogens is 383 g/mol. The molecule has 3 rings (SSSR count). The summed E-state index contributed by atoms with van der Waals surface area (Å²) in [6.45, 7) is 1.74. The van der Waals surface area contributed by atoms with Gasteiger partial charge in [0.25, 0.3) is 5.91 Å². The van der Waals surface area contributed by atoms with Crippen molar-refractivity contribution in [3.05, 3.63) is 82.4 Å². The first-order valence-corrected chi connectivity index (χ1v) is 8.63. The van der Waals surface area contributed by atoms with E-state index in [4.69, 9.17) is 17.3 Å². The number of rotatable bonds is 5. The summed E-state index contributed by atoms with van der Waals surface area (Å²) < 4.78 is 14.6. The minimum absolute atomic E-state index is 0.211. The number of benzene rings is 2. The standard InChI is InChI=1S/C20H16ClFN4O2/c1-12-15(19(21)26(25-12)14-8-6-13(22)7-9-14)10-11-18(27)24-17-5-3-2-4-16(17)20(23)28/h2-11H,1H3,(H2,23,28)(H,24,27)/b11-10+. The van der Waals surface area contributed by atoms with Crippen molar-refractivity contribution in [1.82, 2.24) is 9.78 Å². The number of carbonyl (C=O) groups is 2. The van der Waals surface area contributed by atoms with Crippen LogP contribution in [0.5, 0.6) is 0 Å². The first kappa shape index (κ1) is 19.3. The second-order valence-electron chi connectivity index (χ2n) is 5.91. The van der Waals surface area contributed by atoms with Gasteiger partial charge in [-0.1, -0.05) is 23.7 Å². The second-order valence-corrected chi connectivity index (χ2v) is 6.27. The van der Waals surface area contributed by atoms with E-state index in [1.165, 1.54) is 35.0 Å². The Morgan fingerprint density at radius 3 is 2.54 bits per heavy atom. The Morgan fingerprint density at radius 1 is 1.18 bits per heavy atom. The van der Waals surface area contributed by atoms with Crippen molar-refractivity contribution in [3.8, 4) is 5.69 Å². The molecule has 0 spiro atoms. The Hall–Kier alpha value is -3.45. The number of halogens is 2. The average Bonchev–Trinajstić information content (AvgIpc) is 2.95. The molecule has 3 aromatic rings. The summed E-state index contributed by atoms with van der Waals surface area (Å²) >= 11 is 6.38. The fraction of sp³-hybridized carbons (Fsp3) is 0.0500. The molecular formula is C20H16ClFN4O2. The number of amides is 2. The van der Waals surface area contributed by atoms with Crippen LogP contribution in [0.3, 0.4) is 0 Å². The van der Waals surface area contributed by atoms with Crippen LogP contribution in [0.1, 0.15) is 21.6 Å². The van der Waals surface area contributed by atoms with E-state index in [0.717, 1.165) is 0 Å². The molecule has 0 aliphatic rings. The molecule has 0 unspecified atom stereocenters. The summed E-state index contributed by atoms with van der Waals surface area (Å²) in [6.07, 6.45) is 2.80. The van der Waals surface area contributed by atoms with Gasteiger partial charge >= 0.3 is 0 Å². The lowest BCUT2D eigenvalue weighted by Gasteiger charge is -2.06. The van der Waals surface area contributed by atoms with Gasteiger partial charge < -0.3 is 11.1 Å². The van der Waals surface area contributed by atoms with Crippen molar-refractivity contribution in [2.24, 2.45) is 5.73 Å². The predicted octanol–water partition coefficient (Wildman–Crippen LogP) is 3.72. The van der Waals surface area contributed by atoms with E-state index in [0.29, 0.717) is 22.6 Å². The van der Waals surface area contributed by atoms with Crippen LogP contribution in [-0.2, 0) is 4.79 Å². The summed E-state index contributed by atoms with van der Waals surface area (Å²) in [7, 11) is 0. The molecule has 28 heavy (non-hydrogen) atoms. The lowest BCUT2D eigenvalue weighted by Crippen LogP contribution is -2.16. The highest BCUT2D eigenvalue weighted by molar-refractivity contribution is 6.31. The molecule has 1 heterocycles. The van der Waals surface area contributed by atoms with Crippen molar-refractivity contribution in [3.63, 3.8) is 0 Å². The van der Waals surface area contributed by atoms with Gasteiger partial charge in [0.2, 0.25) is 5.91 Å². The van der Waals surface area contributed by atoms with Gasteiger partial charge in [-0.3, -0.25) is 9.59 Å². The fourth-order valence-electron chi connectivity index (χ4n) is 2.59. The van der Waals surface area contributed by atoms with E-state index in [1.54, 1.807) is 37.3 Å². The van der Waals surface area contributed by atoms with Gasteiger partial charge in [0.05, 0.1) is 22.6 Å². The number of carbonyl (C=O) groups excluding carboxylic acids is 2. The number of aryl methyl sites for hydroxylation is 1. The molecule has 0 bridgehead atoms. The van der Waals surface area contributed by atoms with E-state index in [1.807, 2.05) is 0 Å². The van der Waals surface area contributed by atoms with Crippen LogP contribution >= 0.6 is 11.6 Å². The van der Waals surface area contributed by atoms with Crippen molar-refractivity contribution in [2.45, 2.75) is 6.92 Å². The first-order valence-electron chi connectivity index (χ1n) is 8.26. The summed E-state index contributed by atoms with van der Waals surface area (Å²) in [5, 5.41) is 7.22. The van der Waals surface area contributed by atoms with Crippen LogP contribution in [0.2, 0.25) is 5.15 Å². The highest BCUT2D eigenvalue weighted by Gasteiger charge is 2.14. The molecule has 0 atom stereocenters. The zero-order chi connectivity index (χ0) is 20.3. The maximum Gasteiger partial charge on any atom is 0.250 e. The molecule has 0 radical (unpaired) electrons. The molecule has 8 heteroatoms. The zero-order valence-corrected chi connectivity index (χ0v) is 15.6. The number of para-hydroxylation sites is 1. The minimum Gasteiger partial charge on any atom is -0.366 e. The lowest BCUT2D eigenvalue weighted by atomic mass is 10.1. The Kier molecular flexibility index (Phi) is 5.56. The molecule has 142 valence electrons. The van der Waals surface area contributed by atoms with Crippen LogP contribution in [0.15, 0.2) is 54.6 Å². The Bertz CT molecular complexity index is 1070. The van der Waals surface area contributed by atoms with Gasteiger partial charge in [-0.25, -0.2) is 9.07 Å². The molecule has 2 aromatic carbocycles. The number of hydrogen-bond donors (Lipinski definition) is 2. The van der Waals surface area contributed by atoms with Gasteiger partial charge in [0.1, 0.15) is 11.0 Å². The number of nitrogens with zero attached hydrogens (tertiary/aromatic N) is 2. The number of anilines is 1. The van der Waals surface area contributed by atoms with Crippen LogP contribution in [0.4, 0.5) is 10.1 Å². The van der Waals surface area contributed by atoms with Gasteiger partial charge in [-0.15, -0.1) is 0 Å². The molecule has 1 aromatic heterocycles. The Labute approximate surface area is 165 Å². The van der Waals surface area contributed by atoms with Gasteiger partial charge in [-0.05, 0) is 49.4 Å². The van der Waals surface area contributed by atoms with Crippen LogP contribution in [0, 0.1) is 12.7 Å². The third-order valence-electron chi connectivity index (χ3n) is 3.97. The van der Waals surface area contributed by atoms with Crippen molar-refractivity contribution >= 4 is 35.2 Å². The van der Waals surface area contributed by atoms with Crippen molar-refractivity contribution in [2.75, 3.05) is 5.32 Å². The first-order chi connectivity index (χ1) is 13.4. The number of hydrogen-bond acceptors (Lipinski definition) is 3. The normalized spacial score (nSPS) is 11.0. The quantitative estimate of drug-likeness (QED) is 0.642. The van der Waals surface area contributed by atoms with Crippen LogP contribution in [-0.4, -0.2) is 21.6 Å². The van der Waals surface area contributed by atoms with Crippen LogP contribution < -0.4 is 11.1 Å². The van der Waals surface area contributed by atoms with Crippen molar-refractivity contribution in [1.29, 1.82) is 0 Å². The zero-order valence-electron chi connectivity index (χ0n) is 14.8. The van der Waals surface area contributed by atoms with E-state index in [2.05, 4.69) is 10.4 Å². The predicted molar refractivity (Wildman–Crippen MR) is 106 cm³/mol. The maximum absolute atomic E-state index is 13.1. The maximum atomic E-state index is 13.1. The highest BCUT2D eigenvalue weighted by atomic mass is 35.5. The van der Waals surface area contributed by atoms with Crippen LogP contribution in [0.25, 0.3) is 11.8 Å². The van der Waals surface area contributed by atoms with Crippen molar-refractivity contribution < 1.29 is 14.0 Å². The third-order valence-corrected chi connectivity index (χ3v) is 4.33. The monoisotopic (exact) mass is 398 g/mol. The molecule has 2 amide bonds. The fourth-order valence-corrected chi connectivity index (χ4v) is 2.93. The molecule has 6 nitrogen and oxygen atoms in total. The molecule has 0 saturated carbocycles. The van der Waals surface area contributed by atoms with Gasteiger partial charge in [0.15, 0.2) is 0 Å². The SMILES string of the molecule is Cc1nn(-c2ccc(F)cc2)c(Cl)c1/C=C/C(=O)Nc1ccccc1C(N)=O. The van der Waals surface area contributed by atoms with E-state index < -0.39 is 11.8 Å². The molecule has 0 aliphatic carbocycles. The average molecular weight is 399 g/mol. The summed E-state index contributed by atoms with van der Waals surface area (Å²) in [4.78, 5) is 23.7. The lowest BCUT2D eigenvalue weighted by molar-refractivity contribution is -0.111. The summed E-state index contributed by atoms with van der Waals surface area (Å²) in [5.74, 6) is -1.46. The molecule has 0 fully saturated rings. The number of aromatic nitrogens is 2. The molecule has 0 saturated heterocycles. The Morgan fingerprint density at radius 2 is 1.86 bits per heavy atom. The van der Waals surface area contributed by atoms with Gasteiger partial charge in [-0.2, -0.15) is 5.10 Å². The Balaban J connectivity index is 1.82. The topological polar surface area (TPSA) is 90.0 Å². The molecule has 3 N–H and O–H groups in total. The third kappa shape index (κ3) is 4.10. The van der Waals surface area contributed by atoms with E-state index >= 15 is 0 Å². The number of primary amides is 1. The molecule has 0 aliphatic heterocycles. The number of nitrogens with one attached hydrogen (secondary N) is 1. The van der Waals surface area contributed by atoms with Gasteiger partial charge in [0, 0.05) is 11.6 Å². The summed E-state index contributed by atoms with van der Waals surface area (Å²) in [6, 6.07) is 12.1. The number of nitrogens with two attached hydrogens (primary N) is 1.